The third kappa shape index (κ3) is 13.5. The quantitative estimate of drug-likeness (QED) is 0.0471. The number of carbonyl (C=O) groups excluding carboxylic acids is 4. The Hall–Kier alpha value is -4.24. The molecule has 1 rings (SSSR count). The van der Waals surface area contributed by atoms with Crippen LogP contribution in [-0.4, -0.2) is 77.9 Å². The van der Waals surface area contributed by atoms with Gasteiger partial charge in [-0.2, -0.15) is 0 Å². The van der Waals surface area contributed by atoms with E-state index in [4.69, 9.17) is 28.7 Å². The second kappa shape index (κ2) is 18.1. The summed E-state index contributed by atoms with van der Waals surface area (Å²) in [4.78, 5) is 65.8. The second-order valence-electron chi connectivity index (χ2n) is 9.22. The molecule has 0 aliphatic heterocycles. The van der Waals surface area contributed by atoms with Crippen LogP contribution in [-0.2, 0) is 30.4 Å². The maximum Gasteiger partial charge on any atom is 0.326 e. The van der Waals surface area contributed by atoms with Crippen LogP contribution in [0.4, 0.5) is 0 Å². The normalized spacial score (nSPS) is 13.7. The zero-order valence-electron chi connectivity index (χ0n) is 22.4. The number of aliphatic carboxylic acids is 1. The minimum atomic E-state index is -1.59. The number of unbranched alkanes of at least 4 members (excludes halogenated alkanes) is 1. The van der Waals surface area contributed by atoms with Crippen molar-refractivity contribution in [1.29, 1.82) is 0 Å². The maximum absolute atomic E-state index is 13.3. The molecule has 40 heavy (non-hydrogen) atoms. The molecular formula is C25H41N9O6. The summed E-state index contributed by atoms with van der Waals surface area (Å²) in [6.45, 7) is 0.662. The number of carbonyl (C=O) groups is 5. The molecule has 0 spiro atoms. The number of nitrogens with one attached hydrogen (secondary N) is 3. The number of nitrogens with zero attached hydrogens (tertiary/aromatic N) is 1. The molecule has 0 aromatic heterocycles. The van der Waals surface area contributed by atoms with Crippen LogP contribution in [0.1, 0.15) is 44.1 Å². The molecule has 0 heterocycles. The minimum Gasteiger partial charge on any atom is -0.480 e. The van der Waals surface area contributed by atoms with Gasteiger partial charge in [-0.05, 0) is 44.2 Å². The Morgan fingerprint density at radius 3 is 1.98 bits per heavy atom. The molecule has 0 fully saturated rings. The number of guanidine groups is 1. The van der Waals surface area contributed by atoms with Crippen LogP contribution in [0.2, 0.25) is 0 Å². The van der Waals surface area contributed by atoms with E-state index in [9.17, 15) is 29.1 Å². The molecule has 0 bridgehead atoms. The van der Waals surface area contributed by atoms with Gasteiger partial charge in [0.15, 0.2) is 5.96 Å². The third-order valence-corrected chi connectivity index (χ3v) is 5.82. The van der Waals surface area contributed by atoms with E-state index >= 15 is 0 Å². The lowest BCUT2D eigenvalue weighted by molar-refractivity contribution is -0.143. The van der Waals surface area contributed by atoms with Crippen molar-refractivity contribution in [3.8, 4) is 0 Å². The van der Waals surface area contributed by atoms with Crippen molar-refractivity contribution in [2.45, 2.75) is 69.1 Å². The molecule has 4 atom stereocenters. The number of carboxylic acid groups (broad SMARTS) is 1. The van der Waals surface area contributed by atoms with Gasteiger partial charge in [0.25, 0.3) is 0 Å². The summed E-state index contributed by atoms with van der Waals surface area (Å²) in [5.74, 6) is -4.54. The maximum atomic E-state index is 13.3. The predicted molar refractivity (Wildman–Crippen MR) is 148 cm³/mol. The molecule has 0 saturated heterocycles. The van der Waals surface area contributed by atoms with E-state index in [1.54, 1.807) is 30.3 Å². The summed E-state index contributed by atoms with van der Waals surface area (Å²) in [6, 6.07) is 3.91. The van der Waals surface area contributed by atoms with Gasteiger partial charge in [0, 0.05) is 13.0 Å². The molecule has 4 unspecified atom stereocenters. The SMILES string of the molecule is NCCCCC(NC(=O)C(N)CCCN=C(N)N)C(=O)NC(Cc1ccccc1)C(=O)NC(CC(N)=O)C(=O)O. The average Bonchev–Trinajstić information content (AvgIpc) is 2.89. The Morgan fingerprint density at radius 2 is 1.40 bits per heavy atom. The lowest BCUT2D eigenvalue weighted by Crippen LogP contribution is -2.57. The Balaban J connectivity index is 3.06. The minimum absolute atomic E-state index is 0.00902. The van der Waals surface area contributed by atoms with E-state index in [2.05, 4.69) is 20.9 Å². The third-order valence-electron chi connectivity index (χ3n) is 5.82. The van der Waals surface area contributed by atoms with Crippen molar-refractivity contribution in [1.82, 2.24) is 16.0 Å². The van der Waals surface area contributed by atoms with Crippen molar-refractivity contribution in [2.75, 3.05) is 13.1 Å². The van der Waals surface area contributed by atoms with E-state index in [0.29, 0.717) is 31.4 Å². The largest absolute Gasteiger partial charge is 0.480 e. The Bertz CT molecular complexity index is 1020. The fraction of sp³-hybridized carbons (Fsp3) is 0.520. The monoisotopic (exact) mass is 563 g/mol. The standard InChI is InChI=1S/C25H41N9O6/c26-11-5-4-10-17(32-21(36)16(27)9-6-12-31-25(29)30)22(37)33-18(13-15-7-2-1-3-8-15)23(38)34-19(24(39)40)14-20(28)35/h1-3,7-8,16-19H,4-6,9-14,26-27H2,(H2,28,35)(H,32,36)(H,33,37)(H,34,38)(H,39,40)(H4,29,30,31). The van der Waals surface area contributed by atoms with Gasteiger partial charge in [0.2, 0.25) is 23.6 Å². The number of rotatable bonds is 19. The Labute approximate surface area is 232 Å². The topological polar surface area (TPSA) is 284 Å². The highest BCUT2D eigenvalue weighted by Crippen LogP contribution is 2.08. The zero-order chi connectivity index (χ0) is 30.1. The molecule has 1 aromatic carbocycles. The molecule has 4 amide bonds. The summed E-state index contributed by atoms with van der Waals surface area (Å²) in [6.07, 6.45) is 1.38. The highest BCUT2D eigenvalue weighted by atomic mass is 16.4. The van der Waals surface area contributed by atoms with Crippen LogP contribution < -0.4 is 44.6 Å². The first-order valence-corrected chi connectivity index (χ1v) is 12.9. The number of benzene rings is 1. The molecule has 1 aromatic rings. The predicted octanol–water partition coefficient (Wildman–Crippen LogP) is -2.85. The van der Waals surface area contributed by atoms with E-state index in [1.165, 1.54) is 0 Å². The van der Waals surface area contributed by atoms with Gasteiger partial charge in [0.05, 0.1) is 12.5 Å². The Kier molecular flexibility index (Phi) is 15.3. The molecule has 14 N–H and O–H groups in total. The molecule has 0 aliphatic carbocycles. The van der Waals surface area contributed by atoms with Crippen LogP contribution in [0.3, 0.4) is 0 Å². The molecule has 0 saturated carbocycles. The number of nitrogens with two attached hydrogens (primary N) is 5. The fourth-order valence-corrected chi connectivity index (χ4v) is 3.70. The fourth-order valence-electron chi connectivity index (χ4n) is 3.70. The Morgan fingerprint density at radius 1 is 0.800 bits per heavy atom. The van der Waals surface area contributed by atoms with Crippen molar-refractivity contribution >= 4 is 35.6 Å². The average molecular weight is 564 g/mol. The van der Waals surface area contributed by atoms with Gasteiger partial charge in [-0.1, -0.05) is 30.3 Å². The van der Waals surface area contributed by atoms with E-state index < -0.39 is 60.2 Å². The van der Waals surface area contributed by atoms with Crippen molar-refractivity contribution in [2.24, 2.45) is 33.7 Å². The van der Waals surface area contributed by atoms with Gasteiger partial charge >= 0.3 is 5.97 Å². The van der Waals surface area contributed by atoms with E-state index in [0.717, 1.165) is 0 Å². The summed E-state index contributed by atoms with van der Waals surface area (Å²) in [5, 5.41) is 16.9. The summed E-state index contributed by atoms with van der Waals surface area (Å²) in [5.41, 5.74) is 27.9. The van der Waals surface area contributed by atoms with Gasteiger partial charge in [-0.25, -0.2) is 4.79 Å². The molecular weight excluding hydrogens is 522 g/mol. The number of amides is 4. The number of carboxylic acids is 1. The van der Waals surface area contributed by atoms with Crippen LogP contribution in [0.25, 0.3) is 0 Å². The lowest BCUT2D eigenvalue weighted by Gasteiger charge is -2.25. The van der Waals surface area contributed by atoms with Crippen LogP contribution in [0, 0.1) is 0 Å². The second-order valence-corrected chi connectivity index (χ2v) is 9.22. The molecule has 222 valence electrons. The van der Waals surface area contributed by atoms with Crippen LogP contribution in [0.5, 0.6) is 0 Å². The molecule has 15 heteroatoms. The van der Waals surface area contributed by atoms with Gasteiger partial charge < -0.3 is 49.7 Å². The van der Waals surface area contributed by atoms with Gasteiger partial charge in [-0.3, -0.25) is 24.2 Å². The summed E-state index contributed by atoms with van der Waals surface area (Å²) >= 11 is 0. The lowest BCUT2D eigenvalue weighted by atomic mass is 10.0. The van der Waals surface area contributed by atoms with E-state index in [-0.39, 0.29) is 31.8 Å². The highest BCUT2D eigenvalue weighted by molar-refractivity contribution is 5.95. The van der Waals surface area contributed by atoms with Crippen molar-refractivity contribution in [3.63, 3.8) is 0 Å². The first-order chi connectivity index (χ1) is 18.9. The molecule has 0 radical (unpaired) electrons. The first-order valence-electron chi connectivity index (χ1n) is 12.9. The highest BCUT2D eigenvalue weighted by Gasteiger charge is 2.31. The van der Waals surface area contributed by atoms with Gasteiger partial charge in [-0.15, -0.1) is 0 Å². The van der Waals surface area contributed by atoms with Crippen LogP contribution in [0.15, 0.2) is 35.3 Å². The van der Waals surface area contributed by atoms with Crippen molar-refractivity contribution < 1.29 is 29.1 Å². The summed E-state index contributed by atoms with van der Waals surface area (Å²) in [7, 11) is 0. The molecule has 0 aliphatic rings. The number of aliphatic imine (C=N–C) groups is 1. The first kappa shape index (κ1) is 33.8. The number of primary amides is 1. The van der Waals surface area contributed by atoms with Gasteiger partial charge in [0.1, 0.15) is 18.1 Å². The van der Waals surface area contributed by atoms with Crippen LogP contribution >= 0.6 is 0 Å². The summed E-state index contributed by atoms with van der Waals surface area (Å²) < 4.78 is 0. The molecule has 15 nitrogen and oxygen atoms in total. The van der Waals surface area contributed by atoms with Crippen molar-refractivity contribution in [3.05, 3.63) is 35.9 Å². The zero-order valence-corrected chi connectivity index (χ0v) is 22.4. The number of hydrogen-bond donors (Lipinski definition) is 9. The smallest absolute Gasteiger partial charge is 0.326 e. The number of hydrogen-bond acceptors (Lipinski definition) is 8. The van der Waals surface area contributed by atoms with E-state index in [1.807, 2.05) is 0 Å².